The zero-order valence-corrected chi connectivity index (χ0v) is 14.6. The second kappa shape index (κ2) is 7.43. The van der Waals surface area contributed by atoms with E-state index < -0.39 is 0 Å². The molecule has 0 radical (unpaired) electrons. The van der Waals surface area contributed by atoms with Crippen LogP contribution < -0.4 is 0 Å². The van der Waals surface area contributed by atoms with Gasteiger partial charge in [0, 0.05) is 25.2 Å². The van der Waals surface area contributed by atoms with Gasteiger partial charge in [0.25, 0.3) is 17.7 Å². The van der Waals surface area contributed by atoms with E-state index >= 15 is 0 Å². The van der Waals surface area contributed by atoms with Gasteiger partial charge in [0.15, 0.2) is 0 Å². The lowest BCUT2D eigenvalue weighted by Gasteiger charge is -2.21. The molecule has 128 valence electrons. The molecule has 5 nitrogen and oxygen atoms in total. The van der Waals surface area contributed by atoms with E-state index in [0.717, 1.165) is 18.4 Å². The van der Waals surface area contributed by atoms with Crippen LogP contribution in [0.4, 0.5) is 0 Å². The predicted molar refractivity (Wildman–Crippen MR) is 93.1 cm³/mol. The number of unbranched alkanes of at least 4 members (excludes halogenated alkanes) is 1. The number of amides is 3. The van der Waals surface area contributed by atoms with Crippen LogP contribution in [0.5, 0.6) is 0 Å². The molecular weight excluding hydrogens is 304 g/mol. The van der Waals surface area contributed by atoms with Gasteiger partial charge in [0.05, 0.1) is 11.1 Å². The van der Waals surface area contributed by atoms with Gasteiger partial charge >= 0.3 is 0 Å². The molecule has 5 heteroatoms. The summed E-state index contributed by atoms with van der Waals surface area (Å²) in [6.45, 7) is 11.1. The van der Waals surface area contributed by atoms with Crippen LogP contribution >= 0.6 is 0 Å². The lowest BCUT2D eigenvalue weighted by molar-refractivity contribution is 0.0652. The Morgan fingerprint density at radius 2 is 1.83 bits per heavy atom. The van der Waals surface area contributed by atoms with Crippen molar-refractivity contribution in [1.82, 2.24) is 9.80 Å². The third-order valence-corrected chi connectivity index (χ3v) is 4.08. The second-order valence-electron chi connectivity index (χ2n) is 6.15. The van der Waals surface area contributed by atoms with E-state index in [4.69, 9.17) is 0 Å². The highest BCUT2D eigenvalue weighted by Crippen LogP contribution is 2.25. The van der Waals surface area contributed by atoms with Gasteiger partial charge in [-0.2, -0.15) is 0 Å². The Hall–Kier alpha value is -2.43. The molecule has 0 aliphatic carbocycles. The van der Waals surface area contributed by atoms with Gasteiger partial charge in [0.1, 0.15) is 0 Å². The summed E-state index contributed by atoms with van der Waals surface area (Å²) in [5.41, 5.74) is 2.03. The summed E-state index contributed by atoms with van der Waals surface area (Å²) in [6.07, 6.45) is 1.68. The minimum Gasteiger partial charge on any atom is -0.335 e. The maximum Gasteiger partial charge on any atom is 0.261 e. The first-order chi connectivity index (χ1) is 11.4. The number of carbonyl (C=O) groups excluding carboxylic acids is 3. The molecule has 3 amide bonds. The maximum atomic E-state index is 12.6. The van der Waals surface area contributed by atoms with Crippen LogP contribution in [0.2, 0.25) is 0 Å². The standard InChI is InChI=1S/C19H24N2O3/c1-5-7-10-21-18(23)15-9-8-14(11-16(15)19(21)24)17(22)20(6-2)12-13(3)4/h8-9,11H,3,5-7,10,12H2,1-2,4H3. The van der Waals surface area contributed by atoms with Crippen LogP contribution in [0.15, 0.2) is 30.4 Å². The van der Waals surface area contributed by atoms with Crippen LogP contribution in [-0.4, -0.2) is 47.2 Å². The van der Waals surface area contributed by atoms with E-state index in [2.05, 4.69) is 6.58 Å². The highest BCUT2D eigenvalue weighted by molar-refractivity contribution is 6.22. The van der Waals surface area contributed by atoms with Gasteiger partial charge in [-0.05, 0) is 38.5 Å². The second-order valence-corrected chi connectivity index (χ2v) is 6.15. The van der Waals surface area contributed by atoms with Crippen LogP contribution in [0, 0.1) is 0 Å². The fraction of sp³-hybridized carbons (Fsp3) is 0.421. The lowest BCUT2D eigenvalue weighted by atomic mass is 10.0. The molecule has 1 aromatic rings. The fourth-order valence-electron chi connectivity index (χ4n) is 2.78. The molecule has 0 saturated carbocycles. The normalized spacial score (nSPS) is 13.2. The molecule has 0 atom stereocenters. The summed E-state index contributed by atoms with van der Waals surface area (Å²) in [4.78, 5) is 40.4. The van der Waals surface area contributed by atoms with Crippen molar-refractivity contribution in [3.8, 4) is 0 Å². The number of hydrogen-bond acceptors (Lipinski definition) is 3. The summed E-state index contributed by atoms with van der Waals surface area (Å²) in [5.74, 6) is -0.728. The number of rotatable bonds is 7. The smallest absolute Gasteiger partial charge is 0.261 e. The molecule has 1 heterocycles. The third kappa shape index (κ3) is 3.40. The van der Waals surface area contributed by atoms with Gasteiger partial charge in [-0.1, -0.05) is 25.5 Å². The number of hydrogen-bond donors (Lipinski definition) is 0. The number of carbonyl (C=O) groups is 3. The van der Waals surface area contributed by atoms with Crippen molar-refractivity contribution >= 4 is 17.7 Å². The molecule has 1 aliphatic rings. The van der Waals surface area contributed by atoms with E-state index in [1.54, 1.807) is 23.1 Å². The molecule has 0 spiro atoms. The Morgan fingerprint density at radius 3 is 2.42 bits per heavy atom. The van der Waals surface area contributed by atoms with E-state index in [1.807, 2.05) is 20.8 Å². The molecule has 1 aliphatic heterocycles. The first-order valence-electron chi connectivity index (χ1n) is 8.34. The molecule has 2 rings (SSSR count). The molecular formula is C19H24N2O3. The Kier molecular flexibility index (Phi) is 5.54. The minimum atomic E-state index is -0.305. The zero-order chi connectivity index (χ0) is 17.9. The highest BCUT2D eigenvalue weighted by atomic mass is 16.2. The van der Waals surface area contributed by atoms with Crippen LogP contribution in [0.1, 0.15) is 64.7 Å². The fourth-order valence-corrected chi connectivity index (χ4v) is 2.78. The van der Waals surface area contributed by atoms with Crippen molar-refractivity contribution in [1.29, 1.82) is 0 Å². The topological polar surface area (TPSA) is 57.7 Å². The predicted octanol–water partition coefficient (Wildman–Crippen LogP) is 3.12. The Balaban J connectivity index is 2.29. The Morgan fingerprint density at radius 1 is 1.17 bits per heavy atom. The molecule has 0 unspecified atom stereocenters. The van der Waals surface area contributed by atoms with Gasteiger partial charge < -0.3 is 4.90 Å². The minimum absolute atomic E-state index is 0.157. The van der Waals surface area contributed by atoms with Gasteiger partial charge in [-0.15, -0.1) is 0 Å². The van der Waals surface area contributed by atoms with Crippen LogP contribution in [0.3, 0.4) is 0 Å². The maximum absolute atomic E-state index is 12.6. The van der Waals surface area contributed by atoms with Gasteiger partial charge in [0.2, 0.25) is 0 Å². The summed E-state index contributed by atoms with van der Waals surface area (Å²) in [6, 6.07) is 4.75. The van der Waals surface area contributed by atoms with Gasteiger partial charge in [-0.3, -0.25) is 19.3 Å². The van der Waals surface area contributed by atoms with Gasteiger partial charge in [-0.25, -0.2) is 0 Å². The SMILES string of the molecule is C=C(C)CN(CC)C(=O)c1ccc2c(c1)C(=O)N(CCCC)C2=O. The quantitative estimate of drug-likeness (QED) is 0.571. The van der Waals surface area contributed by atoms with E-state index in [-0.39, 0.29) is 17.7 Å². The summed E-state index contributed by atoms with van der Waals surface area (Å²) in [5, 5.41) is 0. The molecule has 0 saturated heterocycles. The average Bonchev–Trinajstić information content (AvgIpc) is 2.80. The van der Waals surface area contributed by atoms with Crippen molar-refractivity contribution in [3.63, 3.8) is 0 Å². The number of nitrogens with zero attached hydrogens (tertiary/aromatic N) is 2. The molecule has 0 bridgehead atoms. The highest BCUT2D eigenvalue weighted by Gasteiger charge is 2.35. The zero-order valence-electron chi connectivity index (χ0n) is 14.6. The van der Waals surface area contributed by atoms with E-state index in [1.165, 1.54) is 4.90 Å². The molecule has 1 aromatic carbocycles. The van der Waals surface area contributed by atoms with Crippen LogP contribution in [0.25, 0.3) is 0 Å². The summed E-state index contributed by atoms with van der Waals surface area (Å²) >= 11 is 0. The lowest BCUT2D eigenvalue weighted by Crippen LogP contribution is -2.32. The number of likely N-dealkylation sites (N-methyl/N-ethyl adjacent to an activating group) is 1. The van der Waals surface area contributed by atoms with Crippen molar-refractivity contribution in [2.75, 3.05) is 19.6 Å². The van der Waals surface area contributed by atoms with Crippen LogP contribution in [-0.2, 0) is 0 Å². The van der Waals surface area contributed by atoms with Crippen molar-refractivity contribution in [2.24, 2.45) is 0 Å². The van der Waals surface area contributed by atoms with E-state index in [9.17, 15) is 14.4 Å². The summed E-state index contributed by atoms with van der Waals surface area (Å²) in [7, 11) is 0. The van der Waals surface area contributed by atoms with Crippen molar-refractivity contribution < 1.29 is 14.4 Å². The Labute approximate surface area is 142 Å². The number of fused-ring (bicyclic) bond motifs is 1. The first-order valence-corrected chi connectivity index (χ1v) is 8.34. The largest absolute Gasteiger partial charge is 0.335 e. The molecule has 0 fully saturated rings. The average molecular weight is 328 g/mol. The Bertz CT molecular complexity index is 694. The van der Waals surface area contributed by atoms with Crippen molar-refractivity contribution in [2.45, 2.75) is 33.6 Å². The molecule has 0 N–H and O–H groups in total. The number of benzene rings is 1. The first kappa shape index (κ1) is 17.9. The number of imide groups is 1. The summed E-state index contributed by atoms with van der Waals surface area (Å²) < 4.78 is 0. The third-order valence-electron chi connectivity index (χ3n) is 4.08. The molecule has 24 heavy (non-hydrogen) atoms. The monoisotopic (exact) mass is 328 g/mol. The van der Waals surface area contributed by atoms with E-state index in [0.29, 0.717) is 36.3 Å². The van der Waals surface area contributed by atoms with Crippen molar-refractivity contribution in [3.05, 3.63) is 47.0 Å². The molecule has 0 aromatic heterocycles.